The van der Waals surface area contributed by atoms with Gasteiger partial charge in [0.15, 0.2) is 0 Å². The number of halogens is 1. The lowest BCUT2D eigenvalue weighted by Gasteiger charge is -2.29. The van der Waals surface area contributed by atoms with Gasteiger partial charge in [0.25, 0.3) is 5.91 Å². The summed E-state index contributed by atoms with van der Waals surface area (Å²) in [7, 11) is 0. The van der Waals surface area contributed by atoms with E-state index < -0.39 is 0 Å². The molecule has 4 nitrogen and oxygen atoms in total. The number of likely N-dealkylation sites (tertiary alicyclic amines) is 1. The first-order valence-corrected chi connectivity index (χ1v) is 12.3. The van der Waals surface area contributed by atoms with Gasteiger partial charge in [0, 0.05) is 37.2 Å². The molecule has 0 spiro atoms. The Bertz CT molecular complexity index is 1150. The van der Waals surface area contributed by atoms with Gasteiger partial charge in [-0.05, 0) is 81.0 Å². The SMILES string of the molecule is Cc1cccc(C(=O)N(CC2CN(Cc3cc(C)c(C)o3)CC2c2ccc(F)cc2)C2CC2)c1. The Morgan fingerprint density at radius 3 is 2.47 bits per heavy atom. The summed E-state index contributed by atoms with van der Waals surface area (Å²) in [4.78, 5) is 18.0. The van der Waals surface area contributed by atoms with Crippen molar-refractivity contribution in [3.05, 3.63) is 94.2 Å². The van der Waals surface area contributed by atoms with Crippen LogP contribution >= 0.6 is 0 Å². The number of hydrogen-bond acceptors (Lipinski definition) is 3. The first-order valence-electron chi connectivity index (χ1n) is 12.3. The number of carbonyl (C=O) groups is 1. The summed E-state index contributed by atoms with van der Waals surface area (Å²) >= 11 is 0. The standard InChI is InChI=1S/C29H33FN2O2/c1-19-5-4-6-23(13-19)29(33)32(26-11-12-26)16-24-15-31(17-27-14-20(2)21(3)34-27)18-28(24)22-7-9-25(30)10-8-22/h4-10,13-14,24,26,28H,11-12,15-18H2,1-3H3. The molecule has 2 unspecified atom stereocenters. The van der Waals surface area contributed by atoms with Gasteiger partial charge in [0.1, 0.15) is 17.3 Å². The second kappa shape index (κ2) is 9.38. The zero-order chi connectivity index (χ0) is 23.8. The second-order valence-electron chi connectivity index (χ2n) is 10.1. The number of aryl methyl sites for hydroxylation is 3. The minimum Gasteiger partial charge on any atom is -0.465 e. The maximum absolute atomic E-state index is 13.6. The average Bonchev–Trinajstić information content (AvgIpc) is 3.50. The Kier molecular flexibility index (Phi) is 6.30. The molecule has 178 valence electrons. The van der Waals surface area contributed by atoms with Gasteiger partial charge in [0.05, 0.1) is 6.54 Å². The van der Waals surface area contributed by atoms with Gasteiger partial charge in [-0.2, -0.15) is 0 Å². The molecule has 0 radical (unpaired) electrons. The molecule has 5 heteroatoms. The molecule has 1 aliphatic heterocycles. The molecule has 2 fully saturated rings. The number of amides is 1. The largest absolute Gasteiger partial charge is 0.465 e. The van der Waals surface area contributed by atoms with Crippen LogP contribution in [0.25, 0.3) is 0 Å². The third-order valence-electron chi connectivity index (χ3n) is 7.36. The van der Waals surface area contributed by atoms with Gasteiger partial charge in [-0.3, -0.25) is 9.69 Å². The molecule has 0 bridgehead atoms. The van der Waals surface area contributed by atoms with Gasteiger partial charge in [-0.25, -0.2) is 4.39 Å². The van der Waals surface area contributed by atoms with E-state index in [-0.39, 0.29) is 23.6 Å². The Balaban J connectivity index is 1.38. The Hall–Kier alpha value is -2.92. The average molecular weight is 461 g/mol. The first kappa shape index (κ1) is 22.9. The number of carbonyl (C=O) groups excluding carboxylic acids is 1. The summed E-state index contributed by atoms with van der Waals surface area (Å²) in [6.45, 7) is 9.30. The highest BCUT2D eigenvalue weighted by atomic mass is 19.1. The molecule has 3 aromatic rings. The monoisotopic (exact) mass is 460 g/mol. The lowest BCUT2D eigenvalue weighted by atomic mass is 9.88. The Labute approximate surface area is 201 Å². The van der Waals surface area contributed by atoms with Crippen LogP contribution in [-0.4, -0.2) is 41.4 Å². The maximum atomic E-state index is 13.6. The Morgan fingerprint density at radius 2 is 1.82 bits per heavy atom. The van der Waals surface area contributed by atoms with Gasteiger partial charge in [-0.15, -0.1) is 0 Å². The molecular formula is C29H33FN2O2. The third-order valence-corrected chi connectivity index (χ3v) is 7.36. The zero-order valence-corrected chi connectivity index (χ0v) is 20.3. The number of rotatable bonds is 7. The summed E-state index contributed by atoms with van der Waals surface area (Å²) in [5.74, 6) is 2.36. The van der Waals surface area contributed by atoms with Crippen molar-refractivity contribution in [1.29, 1.82) is 0 Å². The summed E-state index contributed by atoms with van der Waals surface area (Å²) < 4.78 is 19.6. The van der Waals surface area contributed by atoms with Gasteiger partial charge < -0.3 is 9.32 Å². The van der Waals surface area contributed by atoms with Crippen molar-refractivity contribution in [2.24, 2.45) is 5.92 Å². The second-order valence-corrected chi connectivity index (χ2v) is 10.1. The van der Waals surface area contributed by atoms with E-state index in [2.05, 4.69) is 22.8 Å². The molecule has 0 N–H and O–H groups in total. The zero-order valence-electron chi connectivity index (χ0n) is 20.3. The van der Waals surface area contributed by atoms with Crippen LogP contribution in [0.3, 0.4) is 0 Å². The van der Waals surface area contributed by atoms with Crippen LogP contribution in [-0.2, 0) is 6.54 Å². The topological polar surface area (TPSA) is 36.7 Å². The number of hydrogen-bond donors (Lipinski definition) is 0. The highest BCUT2D eigenvalue weighted by Gasteiger charge is 2.40. The van der Waals surface area contributed by atoms with Crippen molar-refractivity contribution in [2.75, 3.05) is 19.6 Å². The summed E-state index contributed by atoms with van der Waals surface area (Å²) in [6.07, 6.45) is 2.14. The van der Waals surface area contributed by atoms with Crippen LogP contribution in [0.1, 0.15) is 57.3 Å². The molecule has 1 aliphatic carbocycles. The van der Waals surface area contributed by atoms with Crippen molar-refractivity contribution in [3.63, 3.8) is 0 Å². The normalized spacial score (nSPS) is 20.6. The fraction of sp³-hybridized carbons (Fsp3) is 0.414. The molecule has 5 rings (SSSR count). The van der Waals surface area contributed by atoms with Crippen molar-refractivity contribution in [2.45, 2.75) is 52.1 Å². The summed E-state index contributed by atoms with van der Waals surface area (Å²) in [5, 5.41) is 0. The molecule has 2 heterocycles. The van der Waals surface area contributed by atoms with E-state index in [1.54, 1.807) is 12.1 Å². The highest BCUT2D eigenvalue weighted by Crippen LogP contribution is 2.37. The lowest BCUT2D eigenvalue weighted by Crippen LogP contribution is -2.39. The van der Waals surface area contributed by atoms with E-state index in [1.165, 1.54) is 5.56 Å². The smallest absolute Gasteiger partial charge is 0.254 e. The summed E-state index contributed by atoms with van der Waals surface area (Å²) in [6, 6.07) is 17.2. The quantitative estimate of drug-likeness (QED) is 0.443. The molecule has 2 aliphatic rings. The summed E-state index contributed by atoms with van der Waals surface area (Å²) in [5.41, 5.74) is 4.17. The molecule has 1 saturated heterocycles. The van der Waals surface area contributed by atoms with Gasteiger partial charge in [0.2, 0.25) is 0 Å². The molecule has 1 saturated carbocycles. The fourth-order valence-corrected chi connectivity index (χ4v) is 5.29. The predicted octanol–water partition coefficient (Wildman–Crippen LogP) is 5.86. The van der Waals surface area contributed by atoms with Crippen molar-refractivity contribution in [1.82, 2.24) is 9.80 Å². The van der Waals surface area contributed by atoms with Crippen LogP contribution in [0.5, 0.6) is 0 Å². The van der Waals surface area contributed by atoms with Crippen LogP contribution in [0.15, 0.2) is 59.0 Å². The van der Waals surface area contributed by atoms with Crippen LogP contribution in [0.4, 0.5) is 4.39 Å². The highest BCUT2D eigenvalue weighted by molar-refractivity contribution is 5.94. The van der Waals surface area contributed by atoms with E-state index in [0.717, 1.165) is 60.7 Å². The van der Waals surface area contributed by atoms with E-state index in [0.29, 0.717) is 12.6 Å². The van der Waals surface area contributed by atoms with Crippen molar-refractivity contribution in [3.8, 4) is 0 Å². The van der Waals surface area contributed by atoms with Gasteiger partial charge in [-0.1, -0.05) is 29.8 Å². The number of furan rings is 1. The van der Waals surface area contributed by atoms with Crippen LogP contribution in [0, 0.1) is 32.5 Å². The van der Waals surface area contributed by atoms with E-state index in [1.807, 2.05) is 50.2 Å². The maximum Gasteiger partial charge on any atom is 0.254 e. The predicted molar refractivity (Wildman–Crippen MR) is 131 cm³/mol. The molecule has 1 aromatic heterocycles. The van der Waals surface area contributed by atoms with Gasteiger partial charge >= 0.3 is 0 Å². The molecule has 1 amide bonds. The molecule has 2 aromatic carbocycles. The lowest BCUT2D eigenvalue weighted by molar-refractivity contribution is 0.0710. The van der Waals surface area contributed by atoms with Crippen LogP contribution < -0.4 is 0 Å². The minimum atomic E-state index is -0.217. The van der Waals surface area contributed by atoms with Crippen molar-refractivity contribution < 1.29 is 13.6 Å². The Morgan fingerprint density at radius 1 is 1.06 bits per heavy atom. The molecular weight excluding hydrogens is 427 g/mol. The minimum absolute atomic E-state index is 0.125. The number of nitrogens with zero attached hydrogens (tertiary/aromatic N) is 2. The molecule has 2 atom stereocenters. The van der Waals surface area contributed by atoms with E-state index in [4.69, 9.17) is 4.42 Å². The van der Waals surface area contributed by atoms with Crippen LogP contribution in [0.2, 0.25) is 0 Å². The molecule has 34 heavy (non-hydrogen) atoms. The first-order chi connectivity index (χ1) is 16.4. The fourth-order valence-electron chi connectivity index (χ4n) is 5.29. The van der Waals surface area contributed by atoms with E-state index >= 15 is 0 Å². The third kappa shape index (κ3) is 4.95. The number of benzene rings is 2. The van der Waals surface area contributed by atoms with Crippen molar-refractivity contribution >= 4 is 5.91 Å². The van der Waals surface area contributed by atoms with E-state index in [9.17, 15) is 9.18 Å².